The highest BCUT2D eigenvalue weighted by atomic mass is 32.2. The molecular formula is C17H23N3O3S. The normalized spacial score (nSPS) is 16.7. The summed E-state index contributed by atoms with van der Waals surface area (Å²) in [5.74, 6) is 0.944. The van der Waals surface area contributed by atoms with Crippen LogP contribution in [-0.4, -0.2) is 36.0 Å². The Hall–Kier alpha value is -1.73. The minimum Gasteiger partial charge on any atom is -0.334 e. The minimum atomic E-state index is -3.48. The van der Waals surface area contributed by atoms with E-state index in [1.54, 1.807) is 23.4 Å². The van der Waals surface area contributed by atoms with E-state index in [9.17, 15) is 8.42 Å². The van der Waals surface area contributed by atoms with Crippen molar-refractivity contribution < 1.29 is 12.9 Å². The molecule has 0 aliphatic carbocycles. The van der Waals surface area contributed by atoms with Gasteiger partial charge < -0.3 is 4.52 Å². The Labute approximate surface area is 142 Å². The third-order valence-corrected chi connectivity index (χ3v) is 6.26. The maximum Gasteiger partial charge on any atom is 0.257 e. The first kappa shape index (κ1) is 17.1. The van der Waals surface area contributed by atoms with Crippen molar-refractivity contribution in [3.63, 3.8) is 0 Å². The molecule has 0 radical (unpaired) electrons. The summed E-state index contributed by atoms with van der Waals surface area (Å²) in [4.78, 5) is 4.73. The van der Waals surface area contributed by atoms with Crippen LogP contribution in [-0.2, 0) is 15.4 Å². The summed E-state index contributed by atoms with van der Waals surface area (Å²) in [5, 5.41) is 4.01. The monoisotopic (exact) mass is 349 g/mol. The summed E-state index contributed by atoms with van der Waals surface area (Å²) in [7, 11) is -3.48. The van der Waals surface area contributed by atoms with E-state index >= 15 is 0 Å². The maximum atomic E-state index is 12.9. The lowest BCUT2D eigenvalue weighted by Gasteiger charge is -2.17. The molecule has 24 heavy (non-hydrogen) atoms. The second-order valence-electron chi connectivity index (χ2n) is 7.26. The predicted molar refractivity (Wildman–Crippen MR) is 91.2 cm³/mol. The number of rotatable bonds is 3. The van der Waals surface area contributed by atoms with Gasteiger partial charge in [0, 0.05) is 24.1 Å². The van der Waals surface area contributed by atoms with E-state index in [2.05, 4.69) is 10.1 Å². The van der Waals surface area contributed by atoms with Crippen LogP contribution in [0.15, 0.2) is 27.6 Å². The van der Waals surface area contributed by atoms with Gasteiger partial charge in [-0.1, -0.05) is 32.0 Å². The number of sulfonamides is 1. The maximum absolute atomic E-state index is 12.9. The summed E-state index contributed by atoms with van der Waals surface area (Å²) in [5.41, 5.74) is 1.12. The molecule has 1 aliphatic heterocycles. The molecule has 1 aliphatic rings. The number of hydrogen-bond donors (Lipinski definition) is 0. The molecule has 0 spiro atoms. The Morgan fingerprint density at radius 3 is 2.42 bits per heavy atom. The van der Waals surface area contributed by atoms with Crippen molar-refractivity contribution in [2.45, 2.75) is 50.8 Å². The van der Waals surface area contributed by atoms with Gasteiger partial charge >= 0.3 is 0 Å². The van der Waals surface area contributed by atoms with E-state index in [4.69, 9.17) is 4.52 Å². The van der Waals surface area contributed by atoms with Crippen LogP contribution in [0.3, 0.4) is 0 Å². The van der Waals surface area contributed by atoms with Crippen LogP contribution in [0.1, 0.15) is 45.0 Å². The van der Waals surface area contributed by atoms with Crippen LogP contribution in [0.2, 0.25) is 0 Å². The number of hydrogen-bond acceptors (Lipinski definition) is 5. The quantitative estimate of drug-likeness (QED) is 0.851. The van der Waals surface area contributed by atoms with Gasteiger partial charge in [0.15, 0.2) is 5.82 Å². The summed E-state index contributed by atoms with van der Waals surface area (Å²) in [6.45, 7) is 8.97. The molecule has 1 saturated heterocycles. The topological polar surface area (TPSA) is 76.3 Å². The van der Waals surface area contributed by atoms with E-state index in [0.29, 0.717) is 35.3 Å². The molecular weight excluding hydrogens is 326 g/mol. The first-order chi connectivity index (χ1) is 11.2. The molecule has 1 fully saturated rings. The Balaban J connectivity index is 2.02. The molecule has 130 valence electrons. The standard InChI is InChI=1S/C17H23N3O3S/c1-12-7-8-13(15-18-16(19-23-15)17(2,3)4)11-14(12)24(21,22)20-9-5-6-10-20/h7-8,11H,5-6,9-10H2,1-4H3. The SMILES string of the molecule is Cc1ccc(-c2nc(C(C)(C)C)no2)cc1S(=O)(=O)N1CCCC1. The van der Waals surface area contributed by atoms with Gasteiger partial charge in [0.25, 0.3) is 5.89 Å². The van der Waals surface area contributed by atoms with Crippen molar-refractivity contribution in [3.8, 4) is 11.5 Å². The summed E-state index contributed by atoms with van der Waals surface area (Å²) in [6.07, 6.45) is 1.83. The van der Waals surface area contributed by atoms with E-state index < -0.39 is 10.0 Å². The predicted octanol–water partition coefficient (Wildman–Crippen LogP) is 3.13. The molecule has 0 unspecified atom stereocenters. The van der Waals surface area contributed by atoms with Gasteiger partial charge in [-0.15, -0.1) is 0 Å². The van der Waals surface area contributed by atoms with Crippen LogP contribution in [0, 0.1) is 6.92 Å². The van der Waals surface area contributed by atoms with Crippen molar-refractivity contribution in [2.24, 2.45) is 0 Å². The molecule has 2 aromatic rings. The lowest BCUT2D eigenvalue weighted by Crippen LogP contribution is -2.28. The Bertz CT molecular complexity index is 844. The number of aryl methyl sites for hydroxylation is 1. The number of benzene rings is 1. The van der Waals surface area contributed by atoms with Crippen molar-refractivity contribution in [2.75, 3.05) is 13.1 Å². The average Bonchev–Trinajstić information content (AvgIpc) is 3.19. The third-order valence-electron chi connectivity index (χ3n) is 4.21. The van der Waals surface area contributed by atoms with Crippen molar-refractivity contribution in [1.29, 1.82) is 0 Å². The number of nitrogens with zero attached hydrogens (tertiary/aromatic N) is 3. The molecule has 0 bridgehead atoms. The summed E-state index contributed by atoms with van der Waals surface area (Å²) < 4.78 is 32.6. The summed E-state index contributed by atoms with van der Waals surface area (Å²) in [6, 6.07) is 5.25. The van der Waals surface area contributed by atoms with Gasteiger partial charge in [0.05, 0.1) is 4.90 Å². The zero-order chi connectivity index (χ0) is 17.5. The van der Waals surface area contributed by atoms with Crippen LogP contribution < -0.4 is 0 Å². The van der Waals surface area contributed by atoms with Crippen LogP contribution in [0.25, 0.3) is 11.5 Å². The lowest BCUT2D eigenvalue weighted by molar-refractivity contribution is 0.402. The van der Waals surface area contributed by atoms with Crippen LogP contribution >= 0.6 is 0 Å². The van der Waals surface area contributed by atoms with E-state index in [-0.39, 0.29) is 5.41 Å². The second-order valence-corrected chi connectivity index (χ2v) is 9.17. The van der Waals surface area contributed by atoms with Crippen molar-refractivity contribution in [3.05, 3.63) is 29.6 Å². The zero-order valence-corrected chi connectivity index (χ0v) is 15.4. The molecule has 7 heteroatoms. The Morgan fingerprint density at radius 1 is 1.17 bits per heavy atom. The van der Waals surface area contributed by atoms with E-state index in [1.807, 2.05) is 26.8 Å². The highest BCUT2D eigenvalue weighted by molar-refractivity contribution is 7.89. The fourth-order valence-corrected chi connectivity index (χ4v) is 4.49. The molecule has 3 rings (SSSR count). The van der Waals surface area contributed by atoms with Crippen molar-refractivity contribution in [1.82, 2.24) is 14.4 Å². The highest BCUT2D eigenvalue weighted by Gasteiger charge is 2.29. The lowest BCUT2D eigenvalue weighted by atomic mass is 9.96. The number of aromatic nitrogens is 2. The Morgan fingerprint density at radius 2 is 1.83 bits per heavy atom. The minimum absolute atomic E-state index is 0.225. The molecule has 0 saturated carbocycles. The molecule has 1 aromatic carbocycles. The fourth-order valence-electron chi connectivity index (χ4n) is 2.72. The van der Waals surface area contributed by atoms with Gasteiger partial charge in [-0.05, 0) is 37.5 Å². The Kier molecular flexibility index (Phi) is 4.25. The third kappa shape index (κ3) is 3.10. The van der Waals surface area contributed by atoms with Gasteiger partial charge in [-0.2, -0.15) is 9.29 Å². The largest absolute Gasteiger partial charge is 0.334 e. The molecule has 0 N–H and O–H groups in total. The molecule has 6 nitrogen and oxygen atoms in total. The van der Waals surface area contributed by atoms with Crippen molar-refractivity contribution >= 4 is 10.0 Å². The van der Waals surface area contributed by atoms with Gasteiger partial charge in [-0.3, -0.25) is 0 Å². The highest BCUT2D eigenvalue weighted by Crippen LogP contribution is 2.29. The molecule has 0 atom stereocenters. The fraction of sp³-hybridized carbons (Fsp3) is 0.529. The van der Waals surface area contributed by atoms with Crippen LogP contribution in [0.4, 0.5) is 0 Å². The molecule has 2 heterocycles. The first-order valence-corrected chi connectivity index (χ1v) is 9.59. The van der Waals surface area contributed by atoms with Gasteiger partial charge in [0.2, 0.25) is 10.0 Å². The first-order valence-electron chi connectivity index (χ1n) is 8.15. The van der Waals surface area contributed by atoms with E-state index in [0.717, 1.165) is 18.4 Å². The molecule has 0 amide bonds. The smallest absolute Gasteiger partial charge is 0.257 e. The van der Waals surface area contributed by atoms with Crippen LogP contribution in [0.5, 0.6) is 0 Å². The molecule has 1 aromatic heterocycles. The zero-order valence-electron chi connectivity index (χ0n) is 14.5. The van der Waals surface area contributed by atoms with E-state index in [1.165, 1.54) is 0 Å². The average molecular weight is 349 g/mol. The van der Waals surface area contributed by atoms with Gasteiger partial charge in [-0.25, -0.2) is 8.42 Å². The summed E-state index contributed by atoms with van der Waals surface area (Å²) >= 11 is 0. The van der Waals surface area contributed by atoms with Gasteiger partial charge in [0.1, 0.15) is 0 Å². The second kappa shape index (κ2) is 5.97.